The summed E-state index contributed by atoms with van der Waals surface area (Å²) in [7, 11) is 0. The number of fused-ring (bicyclic) bond motifs is 1. The van der Waals surface area contributed by atoms with Crippen LogP contribution in [0.1, 0.15) is 51.8 Å². The number of carbonyl (C=O) groups excluding carboxylic acids is 3. The van der Waals surface area contributed by atoms with E-state index in [0.717, 1.165) is 84.4 Å². The summed E-state index contributed by atoms with van der Waals surface area (Å²) >= 11 is 6.71. The number of hydrogen-bond donors (Lipinski definition) is 3. The molecular weight excluding hydrogens is 977 g/mol. The van der Waals surface area contributed by atoms with Crippen LogP contribution < -0.4 is 20.1 Å². The van der Waals surface area contributed by atoms with Crippen molar-refractivity contribution in [1.82, 2.24) is 30.3 Å². The first-order valence-electron chi connectivity index (χ1n) is 23.5. The lowest BCUT2D eigenvalue weighted by Gasteiger charge is -2.39. The highest BCUT2D eigenvalue weighted by Crippen LogP contribution is 2.47. The van der Waals surface area contributed by atoms with Gasteiger partial charge in [-0.15, -0.1) is 22.7 Å². The molecule has 16 heteroatoms. The van der Waals surface area contributed by atoms with Crippen LogP contribution in [-0.2, 0) is 25.7 Å². The number of likely N-dealkylation sites (tertiary alicyclic amines) is 1. The fourth-order valence-corrected chi connectivity index (χ4v) is 11.1. The molecule has 2 saturated heterocycles. The second kappa shape index (κ2) is 22.6. The van der Waals surface area contributed by atoms with E-state index >= 15 is 0 Å². The number of phenols is 1. The molecule has 3 N–H and O–H groups in total. The second-order valence-corrected chi connectivity index (χ2v) is 21.7. The number of halogens is 1. The third-order valence-electron chi connectivity index (χ3n) is 12.7. The van der Waals surface area contributed by atoms with Crippen LogP contribution in [0, 0.1) is 12.3 Å². The zero-order valence-electron chi connectivity index (χ0n) is 39.8. The number of ether oxygens (including phenoxy) is 3. The van der Waals surface area contributed by atoms with Crippen molar-refractivity contribution in [2.24, 2.45) is 5.41 Å². The number of thiophene rings is 1. The van der Waals surface area contributed by atoms with Crippen LogP contribution in [0.4, 0.5) is 0 Å². The van der Waals surface area contributed by atoms with E-state index in [9.17, 15) is 19.5 Å². The SMILES string of the molecule is Cc1ncsc1-c1ccc(CNC(=O)[C@@H]2CCCN2C(=O)[C@@H](NC(=O)COCCN2CCN(CCOc3ccc(Oc4c(-c5ccc(Br)cc5)sc5cc(O)ccc45)cc3)C[C@@H]2C)C(C)(C)C)cc1. The number of aromatic nitrogens is 1. The van der Waals surface area contributed by atoms with Crippen molar-refractivity contribution in [2.75, 3.05) is 59.1 Å². The standard InChI is InChI=1S/C53H61BrN6O7S2/c1-34-31-58(25-28-66-41-17-19-42(20-18-41)67-47-43-21-16-40(61)29-45(43)69-49(47)38-12-14-39(54)15-13-38)23-24-59(34)26-27-65-32-46(62)57-50(53(3,4)5)52(64)60-22-6-7-44(60)51(63)55-30-36-8-10-37(11-9-36)48-35(2)56-33-68-48/h8-21,29,33-34,44,50,61H,6-7,22-28,30-32H2,1-5H3,(H,55,63)(H,57,62)/t34-,44-,50+/m0/s1. The highest BCUT2D eigenvalue weighted by atomic mass is 79.9. The normalized spacial score (nSPS) is 17.2. The minimum atomic E-state index is -0.817. The minimum absolute atomic E-state index is 0.159. The number of benzene rings is 4. The zero-order valence-corrected chi connectivity index (χ0v) is 43.1. The number of aromatic hydroxyl groups is 1. The van der Waals surface area contributed by atoms with E-state index in [4.69, 9.17) is 14.2 Å². The summed E-state index contributed by atoms with van der Waals surface area (Å²) in [5.41, 5.74) is 5.34. The molecule has 2 aromatic heterocycles. The number of hydrogen-bond acceptors (Lipinski definition) is 12. The number of nitrogens with zero attached hydrogens (tertiary/aromatic N) is 4. The molecule has 0 saturated carbocycles. The van der Waals surface area contributed by atoms with Gasteiger partial charge >= 0.3 is 0 Å². The number of amides is 3. The van der Waals surface area contributed by atoms with E-state index in [1.165, 1.54) is 0 Å². The Labute approximate surface area is 420 Å². The number of piperazine rings is 1. The molecule has 0 aliphatic carbocycles. The van der Waals surface area contributed by atoms with Crippen molar-refractivity contribution in [2.45, 2.75) is 72.1 Å². The molecule has 6 aromatic rings. The lowest BCUT2D eigenvalue weighted by atomic mass is 9.85. The van der Waals surface area contributed by atoms with Gasteiger partial charge in [0.25, 0.3) is 0 Å². The maximum atomic E-state index is 14.0. The zero-order chi connectivity index (χ0) is 48.7. The van der Waals surface area contributed by atoms with Crippen LogP contribution in [0.2, 0.25) is 0 Å². The number of carbonyl (C=O) groups is 3. The number of thiazole rings is 1. The van der Waals surface area contributed by atoms with Gasteiger partial charge in [-0.25, -0.2) is 4.98 Å². The molecule has 3 amide bonds. The summed E-state index contributed by atoms with van der Waals surface area (Å²) in [5, 5.41) is 17.1. The van der Waals surface area contributed by atoms with Crippen molar-refractivity contribution < 1.29 is 33.7 Å². The van der Waals surface area contributed by atoms with Gasteiger partial charge in [-0.1, -0.05) is 73.1 Å². The van der Waals surface area contributed by atoms with Crippen LogP contribution >= 0.6 is 38.6 Å². The van der Waals surface area contributed by atoms with Crippen LogP contribution in [-0.4, -0.2) is 120 Å². The van der Waals surface area contributed by atoms with Gasteiger partial charge in [0.1, 0.15) is 42.5 Å². The highest BCUT2D eigenvalue weighted by molar-refractivity contribution is 9.10. The largest absolute Gasteiger partial charge is 0.508 e. The Morgan fingerprint density at radius 2 is 1.62 bits per heavy atom. The lowest BCUT2D eigenvalue weighted by molar-refractivity contribution is -0.144. The van der Waals surface area contributed by atoms with Crippen molar-refractivity contribution in [3.8, 4) is 43.9 Å². The van der Waals surface area contributed by atoms with Crippen LogP contribution in [0.3, 0.4) is 0 Å². The van der Waals surface area contributed by atoms with Gasteiger partial charge < -0.3 is 34.9 Å². The monoisotopic (exact) mass is 1040 g/mol. The van der Waals surface area contributed by atoms with E-state index in [1.54, 1.807) is 39.7 Å². The molecule has 0 radical (unpaired) electrons. The molecule has 4 aromatic carbocycles. The van der Waals surface area contributed by atoms with Crippen LogP contribution in [0.15, 0.2) is 101 Å². The fourth-order valence-electron chi connectivity index (χ4n) is 8.90. The fraction of sp³-hybridized carbons (Fsp3) is 0.396. The average molecular weight is 1040 g/mol. The predicted molar refractivity (Wildman–Crippen MR) is 277 cm³/mol. The maximum absolute atomic E-state index is 14.0. The molecule has 2 aliphatic heterocycles. The summed E-state index contributed by atoms with van der Waals surface area (Å²) in [6.45, 7) is 15.7. The predicted octanol–water partition coefficient (Wildman–Crippen LogP) is 9.50. The van der Waals surface area contributed by atoms with Crippen LogP contribution in [0.25, 0.3) is 31.0 Å². The Morgan fingerprint density at radius 3 is 2.33 bits per heavy atom. The van der Waals surface area contributed by atoms with Gasteiger partial charge in [0.15, 0.2) is 5.75 Å². The van der Waals surface area contributed by atoms with E-state index in [1.807, 2.05) is 99.9 Å². The number of aryl methyl sites for hydroxylation is 1. The summed E-state index contributed by atoms with van der Waals surface area (Å²) in [6, 6.07) is 28.1. The summed E-state index contributed by atoms with van der Waals surface area (Å²) < 4.78 is 20.5. The van der Waals surface area contributed by atoms with Gasteiger partial charge in [0.2, 0.25) is 17.7 Å². The smallest absolute Gasteiger partial charge is 0.246 e. The highest BCUT2D eigenvalue weighted by Gasteiger charge is 2.42. The van der Waals surface area contributed by atoms with Gasteiger partial charge in [0, 0.05) is 66.4 Å². The molecule has 0 unspecified atom stereocenters. The summed E-state index contributed by atoms with van der Waals surface area (Å²) in [5.74, 6) is 1.63. The molecule has 8 rings (SSSR count). The lowest BCUT2D eigenvalue weighted by Crippen LogP contribution is -2.58. The third kappa shape index (κ3) is 12.7. The molecule has 3 atom stereocenters. The number of nitrogens with one attached hydrogen (secondary N) is 2. The first-order chi connectivity index (χ1) is 33.2. The van der Waals surface area contributed by atoms with Gasteiger partial charge in [-0.3, -0.25) is 24.2 Å². The molecule has 0 spiro atoms. The van der Waals surface area contributed by atoms with Gasteiger partial charge in [-0.05, 0) is 103 Å². The molecule has 0 bridgehead atoms. The molecule has 2 aliphatic rings. The first kappa shape index (κ1) is 50.0. The summed E-state index contributed by atoms with van der Waals surface area (Å²) in [4.78, 5) is 53.6. The van der Waals surface area contributed by atoms with Gasteiger partial charge in [0.05, 0.1) is 27.6 Å². The Morgan fingerprint density at radius 1 is 0.899 bits per heavy atom. The second-order valence-electron chi connectivity index (χ2n) is 18.8. The van der Waals surface area contributed by atoms with Crippen molar-refractivity contribution in [3.05, 3.63) is 112 Å². The Balaban J connectivity index is 0.739. The van der Waals surface area contributed by atoms with Gasteiger partial charge in [-0.2, -0.15) is 0 Å². The summed E-state index contributed by atoms with van der Waals surface area (Å²) in [6.07, 6.45) is 1.28. The topological polar surface area (TPSA) is 146 Å². The molecule has 4 heterocycles. The quantitative estimate of drug-likeness (QED) is 0.0712. The van der Waals surface area contributed by atoms with E-state index in [0.29, 0.717) is 57.5 Å². The van der Waals surface area contributed by atoms with Crippen molar-refractivity contribution in [3.63, 3.8) is 0 Å². The Bertz CT molecular complexity index is 2700. The molecule has 13 nitrogen and oxygen atoms in total. The van der Waals surface area contributed by atoms with E-state index in [2.05, 4.69) is 60.4 Å². The maximum Gasteiger partial charge on any atom is 0.246 e. The number of rotatable bonds is 18. The molecule has 364 valence electrons. The van der Waals surface area contributed by atoms with Crippen molar-refractivity contribution in [1.29, 1.82) is 0 Å². The minimum Gasteiger partial charge on any atom is -0.508 e. The molecule has 2 fully saturated rings. The van der Waals surface area contributed by atoms with Crippen LogP contribution in [0.5, 0.6) is 23.0 Å². The van der Waals surface area contributed by atoms with E-state index < -0.39 is 17.5 Å². The third-order valence-corrected chi connectivity index (χ3v) is 15.4. The van der Waals surface area contributed by atoms with Crippen molar-refractivity contribution >= 4 is 66.4 Å². The van der Waals surface area contributed by atoms with E-state index in [-0.39, 0.29) is 30.1 Å². The Kier molecular flexibility index (Phi) is 16.4. The first-order valence-corrected chi connectivity index (χ1v) is 26.0. The number of phenolic OH excluding ortho intramolecular Hbond substituents is 1. The molecule has 69 heavy (non-hydrogen) atoms. The molecular formula is C53H61BrN6O7S2. The Hall–Kier alpha value is -5.36. The average Bonchev–Trinajstić information content (AvgIpc) is 4.09.